The Labute approximate surface area is 66.9 Å². The number of allylic oxidation sites excluding steroid dienone is 2. The zero-order valence-corrected chi connectivity index (χ0v) is 6.58. The second-order valence-electron chi connectivity index (χ2n) is 1.59. The Balaban J connectivity index is 4.07. The maximum atomic E-state index is 4.81. The van der Waals surface area contributed by atoms with Crippen molar-refractivity contribution in [2.24, 2.45) is 4.99 Å². The molecule has 0 heterocycles. The third-order valence-corrected chi connectivity index (χ3v) is 0.886. The smallest absolute Gasteiger partial charge is 0.212 e. The van der Waals surface area contributed by atoms with Crippen LogP contribution < -0.4 is 0 Å². The van der Waals surface area contributed by atoms with Crippen LogP contribution in [0.3, 0.4) is 0 Å². The highest BCUT2D eigenvalue weighted by Crippen LogP contribution is 1.83. The molecule has 0 spiro atoms. The molecule has 58 valence electrons. The van der Waals surface area contributed by atoms with E-state index in [0.29, 0.717) is 5.90 Å². The number of hydrogen-bond acceptors (Lipinski definition) is 2. The van der Waals surface area contributed by atoms with E-state index in [0.717, 1.165) is 0 Å². The molecule has 0 amide bonds. The molecule has 0 aromatic carbocycles. The van der Waals surface area contributed by atoms with Crippen molar-refractivity contribution in [3.63, 3.8) is 0 Å². The summed E-state index contributed by atoms with van der Waals surface area (Å²) < 4.78 is 4.81. The summed E-state index contributed by atoms with van der Waals surface area (Å²) in [4.78, 5) is 3.90. The van der Waals surface area contributed by atoms with E-state index in [1.807, 2.05) is 0 Å². The van der Waals surface area contributed by atoms with Crippen molar-refractivity contribution in [3.05, 3.63) is 43.3 Å². The lowest BCUT2D eigenvalue weighted by Gasteiger charge is -1.92. The van der Waals surface area contributed by atoms with Gasteiger partial charge in [0, 0.05) is 6.20 Å². The van der Waals surface area contributed by atoms with Crippen LogP contribution in [0.15, 0.2) is 48.3 Å². The fourth-order valence-electron chi connectivity index (χ4n) is 0.416. The molecule has 0 aromatic heterocycles. The van der Waals surface area contributed by atoms with Gasteiger partial charge in [-0.15, -0.1) is 5.73 Å². The molecule has 0 bridgehead atoms. The average Bonchev–Trinajstić information content (AvgIpc) is 2.05. The Bertz CT molecular complexity index is 220. The highest BCUT2D eigenvalue weighted by atomic mass is 16.5. The highest BCUT2D eigenvalue weighted by molar-refractivity contribution is 5.87. The van der Waals surface area contributed by atoms with E-state index in [-0.39, 0.29) is 0 Å². The Morgan fingerprint density at radius 2 is 2.36 bits per heavy atom. The van der Waals surface area contributed by atoms with Gasteiger partial charge >= 0.3 is 0 Å². The third kappa shape index (κ3) is 4.94. The molecule has 0 aliphatic carbocycles. The number of hydrogen-bond donors (Lipinski definition) is 0. The number of nitrogens with zero attached hydrogens (tertiary/aromatic N) is 1. The van der Waals surface area contributed by atoms with E-state index in [1.54, 1.807) is 18.4 Å². The fourth-order valence-corrected chi connectivity index (χ4v) is 0.416. The molecule has 0 saturated carbocycles. The maximum Gasteiger partial charge on any atom is 0.212 e. The fraction of sp³-hybridized carbons (Fsp3) is 0.111. The first kappa shape index (κ1) is 9.47. The van der Waals surface area contributed by atoms with Crippen LogP contribution in [-0.4, -0.2) is 13.0 Å². The summed E-state index contributed by atoms with van der Waals surface area (Å²) in [5, 5.41) is 0. The van der Waals surface area contributed by atoms with Gasteiger partial charge in [0.1, 0.15) is 0 Å². The minimum Gasteiger partial charge on any atom is -0.481 e. The molecule has 0 aromatic rings. The molecule has 0 N–H and O–H groups in total. The van der Waals surface area contributed by atoms with E-state index >= 15 is 0 Å². The summed E-state index contributed by atoms with van der Waals surface area (Å²) in [6.45, 7) is 6.89. The molecule has 0 fully saturated rings. The monoisotopic (exact) mass is 149 g/mol. The molecule has 0 atom stereocenters. The predicted octanol–water partition coefficient (Wildman–Crippen LogP) is 2.07. The van der Waals surface area contributed by atoms with Gasteiger partial charge in [-0.25, -0.2) is 4.99 Å². The molecule has 11 heavy (non-hydrogen) atoms. The minimum atomic E-state index is 0.485. The van der Waals surface area contributed by atoms with Crippen molar-refractivity contribution < 1.29 is 4.74 Å². The van der Waals surface area contributed by atoms with Gasteiger partial charge in [0.2, 0.25) is 5.90 Å². The van der Waals surface area contributed by atoms with E-state index in [1.165, 1.54) is 13.2 Å². The van der Waals surface area contributed by atoms with Crippen LogP contribution >= 0.6 is 0 Å². The Kier molecular flexibility index (Phi) is 5.67. The summed E-state index contributed by atoms with van der Waals surface area (Å²) in [6, 6.07) is 0. The summed E-state index contributed by atoms with van der Waals surface area (Å²) in [5.74, 6) is 0.485. The van der Waals surface area contributed by atoms with Gasteiger partial charge < -0.3 is 4.74 Å². The lowest BCUT2D eigenvalue weighted by Crippen LogP contribution is -1.93. The number of aliphatic imine (C=N–C) groups is 1. The largest absolute Gasteiger partial charge is 0.481 e. The standard InChI is InChI=1S/C9H11NO/c1-4-6-7-8-10-9(5-2)11-3/h5-8H,1-2H2,3H3/b8-7-,10-9?. The molecule has 0 saturated heterocycles. The van der Waals surface area contributed by atoms with Gasteiger partial charge in [0.25, 0.3) is 0 Å². The summed E-state index contributed by atoms with van der Waals surface area (Å²) in [7, 11) is 1.54. The summed E-state index contributed by atoms with van der Waals surface area (Å²) in [6.07, 6.45) is 6.47. The van der Waals surface area contributed by atoms with Crippen LogP contribution in [0.5, 0.6) is 0 Å². The van der Waals surface area contributed by atoms with E-state index < -0.39 is 0 Å². The van der Waals surface area contributed by atoms with Gasteiger partial charge in [0.15, 0.2) is 0 Å². The van der Waals surface area contributed by atoms with Crippen molar-refractivity contribution in [2.75, 3.05) is 7.11 Å². The van der Waals surface area contributed by atoms with Crippen LogP contribution in [0.2, 0.25) is 0 Å². The quantitative estimate of drug-likeness (QED) is 0.260. The lowest BCUT2D eigenvalue weighted by atomic mass is 10.5. The molecule has 0 radical (unpaired) electrons. The van der Waals surface area contributed by atoms with Gasteiger partial charge in [-0.2, -0.15) is 0 Å². The lowest BCUT2D eigenvalue weighted by molar-refractivity contribution is 0.407. The van der Waals surface area contributed by atoms with Gasteiger partial charge in [-0.05, 0) is 18.2 Å². The number of rotatable bonds is 3. The van der Waals surface area contributed by atoms with E-state index in [2.05, 4.69) is 23.9 Å². The minimum absolute atomic E-state index is 0.485. The van der Waals surface area contributed by atoms with Crippen molar-refractivity contribution in [1.82, 2.24) is 0 Å². The Hall–Kier alpha value is -1.53. The average molecular weight is 149 g/mol. The third-order valence-electron chi connectivity index (χ3n) is 0.886. The predicted molar refractivity (Wildman–Crippen MR) is 47.5 cm³/mol. The van der Waals surface area contributed by atoms with Crippen LogP contribution in [0.25, 0.3) is 0 Å². The Morgan fingerprint density at radius 3 is 2.82 bits per heavy atom. The van der Waals surface area contributed by atoms with E-state index in [4.69, 9.17) is 4.74 Å². The number of ether oxygens (including phenoxy) is 1. The van der Waals surface area contributed by atoms with Crippen molar-refractivity contribution >= 4 is 5.90 Å². The first-order valence-corrected chi connectivity index (χ1v) is 3.10. The van der Waals surface area contributed by atoms with Gasteiger partial charge in [-0.1, -0.05) is 13.2 Å². The van der Waals surface area contributed by atoms with Crippen LogP contribution in [0.4, 0.5) is 0 Å². The second kappa shape index (κ2) is 6.59. The first-order valence-electron chi connectivity index (χ1n) is 3.10. The number of methoxy groups -OCH3 is 1. The van der Waals surface area contributed by atoms with Crippen molar-refractivity contribution in [1.29, 1.82) is 0 Å². The molecule has 0 aliphatic heterocycles. The molecular weight excluding hydrogens is 138 g/mol. The molecule has 0 unspecified atom stereocenters. The van der Waals surface area contributed by atoms with E-state index in [9.17, 15) is 0 Å². The van der Waals surface area contributed by atoms with Crippen molar-refractivity contribution in [3.8, 4) is 0 Å². The maximum absolute atomic E-state index is 4.81. The van der Waals surface area contributed by atoms with Crippen LogP contribution in [-0.2, 0) is 4.74 Å². The second-order valence-corrected chi connectivity index (χ2v) is 1.59. The molecule has 2 nitrogen and oxygen atoms in total. The first-order chi connectivity index (χ1) is 5.35. The summed E-state index contributed by atoms with van der Waals surface area (Å²) >= 11 is 0. The topological polar surface area (TPSA) is 21.6 Å². The van der Waals surface area contributed by atoms with Crippen LogP contribution in [0.1, 0.15) is 0 Å². The molecular formula is C9H11NO. The molecule has 0 rings (SSSR count). The SMILES string of the molecule is C=C=C/C=C\N=C(C=C)OC. The molecule has 2 heteroatoms. The Morgan fingerprint density at radius 1 is 1.64 bits per heavy atom. The van der Waals surface area contributed by atoms with Gasteiger partial charge in [-0.3, -0.25) is 0 Å². The summed E-state index contributed by atoms with van der Waals surface area (Å²) in [5.41, 5.74) is 2.58. The molecule has 0 aliphatic rings. The van der Waals surface area contributed by atoms with Crippen molar-refractivity contribution in [2.45, 2.75) is 0 Å². The van der Waals surface area contributed by atoms with Crippen LogP contribution in [0, 0.1) is 0 Å². The normalized spacial score (nSPS) is 10.8. The zero-order valence-electron chi connectivity index (χ0n) is 6.58. The van der Waals surface area contributed by atoms with Gasteiger partial charge in [0.05, 0.1) is 7.11 Å². The highest BCUT2D eigenvalue weighted by Gasteiger charge is 1.82. The zero-order chi connectivity index (χ0) is 8.53.